The molecule has 0 atom stereocenters. The van der Waals surface area contributed by atoms with E-state index in [9.17, 15) is 5.21 Å². The number of nitrogens with zero attached hydrogens (tertiary/aromatic N) is 3. The van der Waals surface area contributed by atoms with Crippen molar-refractivity contribution in [3.63, 3.8) is 0 Å². The van der Waals surface area contributed by atoms with Gasteiger partial charge >= 0.3 is 0 Å². The molecule has 1 aromatic carbocycles. The molecule has 18 heavy (non-hydrogen) atoms. The van der Waals surface area contributed by atoms with E-state index in [1.807, 2.05) is 35.0 Å². The van der Waals surface area contributed by atoms with Crippen LogP contribution >= 0.6 is 0 Å². The number of hydrogen-bond acceptors (Lipinski definition) is 3. The number of rotatable bonds is 0. The smallest absolute Gasteiger partial charge is 0.226 e. The summed E-state index contributed by atoms with van der Waals surface area (Å²) in [5.41, 5.74) is 2.29. The Kier molecular flexibility index (Phi) is 1.70. The molecular formula is C13H9N3O2. The third-order valence-corrected chi connectivity index (χ3v) is 3.17. The molecule has 0 fully saturated rings. The van der Waals surface area contributed by atoms with Gasteiger partial charge in [-0.25, -0.2) is 4.98 Å². The number of hydrogen-bond donors (Lipinski definition) is 0. The second-order valence-electron chi connectivity index (χ2n) is 4.20. The summed E-state index contributed by atoms with van der Waals surface area (Å²) in [5.74, 6) is 0.809. The molecule has 4 rings (SSSR count). The zero-order chi connectivity index (χ0) is 12.1. The van der Waals surface area contributed by atoms with E-state index in [-0.39, 0.29) is 0 Å². The number of para-hydroxylation sites is 1. The number of benzene rings is 1. The fraction of sp³-hybridized carbons (Fsp3) is 0.0769. The predicted molar refractivity (Wildman–Crippen MR) is 66.3 cm³/mol. The van der Waals surface area contributed by atoms with Crippen molar-refractivity contribution in [2.75, 3.05) is 0 Å². The molecule has 0 saturated carbocycles. The predicted octanol–water partition coefficient (Wildman–Crippen LogP) is 1.78. The van der Waals surface area contributed by atoms with E-state index >= 15 is 0 Å². The Labute approximate surface area is 102 Å². The summed E-state index contributed by atoms with van der Waals surface area (Å²) < 4.78 is 8.05. The summed E-state index contributed by atoms with van der Waals surface area (Å²) in [7, 11) is 0. The van der Waals surface area contributed by atoms with E-state index in [0.29, 0.717) is 17.6 Å². The molecule has 0 unspecified atom stereocenters. The van der Waals surface area contributed by atoms with Crippen molar-refractivity contribution < 1.29 is 9.47 Å². The maximum atomic E-state index is 11.9. The first-order valence-electron chi connectivity index (χ1n) is 5.64. The zero-order valence-electron chi connectivity index (χ0n) is 9.41. The van der Waals surface area contributed by atoms with E-state index in [4.69, 9.17) is 4.74 Å². The third-order valence-electron chi connectivity index (χ3n) is 3.17. The lowest BCUT2D eigenvalue weighted by Gasteiger charge is -2.09. The summed E-state index contributed by atoms with van der Waals surface area (Å²) in [5, 5.41) is 12.8. The molecule has 0 bridgehead atoms. The molecule has 5 heteroatoms. The average Bonchev–Trinajstić information content (AvgIpc) is 2.77. The third kappa shape index (κ3) is 1.10. The maximum Gasteiger partial charge on any atom is 0.226 e. The fourth-order valence-electron chi connectivity index (χ4n) is 2.39. The first kappa shape index (κ1) is 9.47. The number of imidazole rings is 1. The average molecular weight is 239 g/mol. The second-order valence-corrected chi connectivity index (χ2v) is 4.20. The molecule has 3 heterocycles. The molecule has 0 aliphatic carbocycles. The van der Waals surface area contributed by atoms with Crippen LogP contribution in [0.2, 0.25) is 0 Å². The van der Waals surface area contributed by atoms with E-state index in [1.54, 1.807) is 6.26 Å². The molecule has 1 aliphatic rings. The second kappa shape index (κ2) is 3.22. The van der Waals surface area contributed by atoms with Gasteiger partial charge in [-0.1, -0.05) is 12.1 Å². The Morgan fingerprint density at radius 3 is 3.17 bits per heavy atom. The van der Waals surface area contributed by atoms with Crippen molar-refractivity contribution in [2.45, 2.75) is 6.61 Å². The van der Waals surface area contributed by atoms with Gasteiger partial charge in [-0.05, 0) is 6.07 Å². The van der Waals surface area contributed by atoms with Crippen LogP contribution in [0.1, 0.15) is 5.82 Å². The van der Waals surface area contributed by atoms with E-state index in [1.165, 1.54) is 6.20 Å². The highest BCUT2D eigenvalue weighted by Crippen LogP contribution is 2.25. The number of ether oxygens (including phenoxy) is 1. The Bertz CT molecular complexity index is 805. The zero-order valence-corrected chi connectivity index (χ0v) is 9.41. The van der Waals surface area contributed by atoms with E-state index in [2.05, 4.69) is 4.98 Å². The lowest BCUT2D eigenvalue weighted by Crippen LogP contribution is -2.26. The standard InChI is InChI=1S/C13H9N3O2/c17-16-7-10-13(9-3-1-2-4-11(9)16)15-5-6-18-8-12(15)14-10/h1-7H,8H2. The molecule has 1 aliphatic heterocycles. The largest absolute Gasteiger partial charge is 0.618 e. The highest BCUT2D eigenvalue weighted by Gasteiger charge is 2.18. The minimum absolute atomic E-state index is 0.429. The SMILES string of the molecule is [O-][n+]1cc2nc3n(c2c2ccccc21)C=COC3. The van der Waals surface area contributed by atoms with Gasteiger partial charge in [0, 0.05) is 12.3 Å². The maximum absolute atomic E-state index is 11.9. The molecule has 0 N–H and O–H groups in total. The molecule has 0 radical (unpaired) electrons. The first-order valence-corrected chi connectivity index (χ1v) is 5.64. The molecule has 88 valence electrons. The summed E-state index contributed by atoms with van der Waals surface area (Å²) >= 11 is 0. The Morgan fingerprint density at radius 2 is 2.22 bits per heavy atom. The summed E-state index contributed by atoms with van der Waals surface area (Å²) in [4.78, 5) is 4.43. The summed E-state index contributed by atoms with van der Waals surface area (Å²) in [6, 6.07) is 7.52. The number of aromatic nitrogens is 3. The minimum Gasteiger partial charge on any atom is -0.618 e. The summed E-state index contributed by atoms with van der Waals surface area (Å²) in [6.07, 6.45) is 4.98. The highest BCUT2D eigenvalue weighted by molar-refractivity contribution is 6.01. The van der Waals surface area contributed by atoms with Crippen LogP contribution < -0.4 is 4.73 Å². The molecular weight excluding hydrogens is 230 g/mol. The molecule has 0 saturated heterocycles. The van der Waals surface area contributed by atoms with Crippen LogP contribution in [-0.2, 0) is 11.3 Å². The molecule has 0 spiro atoms. The van der Waals surface area contributed by atoms with Gasteiger partial charge in [-0.15, -0.1) is 0 Å². The van der Waals surface area contributed by atoms with Crippen molar-refractivity contribution in [1.82, 2.24) is 9.55 Å². The van der Waals surface area contributed by atoms with Crippen LogP contribution in [0.3, 0.4) is 0 Å². The van der Waals surface area contributed by atoms with Crippen LogP contribution in [0.15, 0.2) is 36.7 Å². The fourth-order valence-corrected chi connectivity index (χ4v) is 2.39. The normalized spacial score (nSPS) is 13.8. The van der Waals surface area contributed by atoms with Crippen LogP contribution in [0.25, 0.3) is 28.1 Å². The monoisotopic (exact) mass is 239 g/mol. The van der Waals surface area contributed by atoms with Gasteiger partial charge in [-0.3, -0.25) is 4.57 Å². The van der Waals surface area contributed by atoms with Gasteiger partial charge in [-0.2, -0.15) is 4.73 Å². The van der Waals surface area contributed by atoms with Crippen molar-refractivity contribution in [3.8, 4) is 0 Å². The van der Waals surface area contributed by atoms with Crippen LogP contribution in [0.5, 0.6) is 0 Å². The minimum atomic E-state index is 0.429. The lowest BCUT2D eigenvalue weighted by atomic mass is 10.2. The molecule has 5 nitrogen and oxygen atoms in total. The van der Waals surface area contributed by atoms with Crippen molar-refractivity contribution in [2.24, 2.45) is 0 Å². The van der Waals surface area contributed by atoms with Crippen LogP contribution in [0.4, 0.5) is 0 Å². The lowest BCUT2D eigenvalue weighted by molar-refractivity contribution is -0.575. The van der Waals surface area contributed by atoms with Crippen LogP contribution in [0, 0.1) is 5.21 Å². The van der Waals surface area contributed by atoms with Gasteiger partial charge in [0.25, 0.3) is 0 Å². The van der Waals surface area contributed by atoms with Crippen LogP contribution in [-0.4, -0.2) is 9.55 Å². The number of fused-ring (bicyclic) bond motifs is 5. The first-order chi connectivity index (χ1) is 8.84. The quantitative estimate of drug-likeness (QED) is 0.444. The summed E-state index contributed by atoms with van der Waals surface area (Å²) in [6.45, 7) is 0.429. The van der Waals surface area contributed by atoms with Gasteiger partial charge in [0.05, 0.1) is 10.9 Å². The van der Waals surface area contributed by atoms with Gasteiger partial charge in [0.2, 0.25) is 11.7 Å². The molecule has 3 aromatic rings. The topological polar surface area (TPSA) is 54.0 Å². The highest BCUT2D eigenvalue weighted by atomic mass is 16.5. The Hall–Kier alpha value is -2.56. The van der Waals surface area contributed by atoms with Gasteiger partial charge in [0.15, 0.2) is 11.3 Å². The van der Waals surface area contributed by atoms with Crippen molar-refractivity contribution in [3.05, 3.63) is 47.8 Å². The Morgan fingerprint density at radius 1 is 1.33 bits per heavy atom. The van der Waals surface area contributed by atoms with Gasteiger partial charge < -0.3 is 9.94 Å². The Balaban J connectivity index is 2.27. The number of pyridine rings is 1. The molecule has 0 amide bonds. The van der Waals surface area contributed by atoms with Crippen molar-refractivity contribution >= 4 is 28.1 Å². The van der Waals surface area contributed by atoms with E-state index in [0.717, 1.165) is 21.5 Å². The van der Waals surface area contributed by atoms with Crippen molar-refractivity contribution in [1.29, 1.82) is 0 Å². The van der Waals surface area contributed by atoms with E-state index < -0.39 is 0 Å². The molecule has 2 aromatic heterocycles. The van der Waals surface area contributed by atoms with Gasteiger partial charge in [0.1, 0.15) is 12.9 Å².